The van der Waals surface area contributed by atoms with Crippen molar-refractivity contribution in [2.75, 3.05) is 0 Å². The van der Waals surface area contributed by atoms with Gasteiger partial charge in [0.05, 0.1) is 0 Å². The standard InChI is InChI=1S/C20H11ClO/c21-17-10-11-18-19-14(6-3-7-16(17)19)15-9-8-12-4-1-2-5-13(12)20(15)22-18/h1-11H. The van der Waals surface area contributed by atoms with E-state index >= 15 is 0 Å². The number of hydrogen-bond acceptors (Lipinski definition) is 1. The molecule has 104 valence electrons. The van der Waals surface area contributed by atoms with Crippen LogP contribution in [0.4, 0.5) is 0 Å². The van der Waals surface area contributed by atoms with E-state index in [0.29, 0.717) is 0 Å². The second kappa shape index (κ2) is 4.25. The van der Waals surface area contributed by atoms with E-state index in [-0.39, 0.29) is 0 Å². The third-order valence-electron chi connectivity index (χ3n) is 4.33. The SMILES string of the molecule is Clc1ccc2c3c(cccc13)-c1ccc3ccccc3c1O2. The topological polar surface area (TPSA) is 9.23 Å². The molecule has 4 aromatic rings. The van der Waals surface area contributed by atoms with Gasteiger partial charge in [-0.3, -0.25) is 0 Å². The van der Waals surface area contributed by atoms with Crippen molar-refractivity contribution in [1.29, 1.82) is 0 Å². The fourth-order valence-corrected chi connectivity index (χ4v) is 3.54. The zero-order valence-corrected chi connectivity index (χ0v) is 12.4. The lowest BCUT2D eigenvalue weighted by Crippen LogP contribution is -1.98. The molecule has 0 aromatic heterocycles. The van der Waals surface area contributed by atoms with Gasteiger partial charge in [0.1, 0.15) is 11.5 Å². The first-order chi connectivity index (χ1) is 10.8. The van der Waals surface area contributed by atoms with Gasteiger partial charge >= 0.3 is 0 Å². The molecule has 0 bridgehead atoms. The zero-order valence-electron chi connectivity index (χ0n) is 11.6. The third kappa shape index (κ3) is 1.49. The Labute approximate surface area is 132 Å². The minimum absolute atomic E-state index is 0.758. The van der Waals surface area contributed by atoms with Crippen molar-refractivity contribution in [2.45, 2.75) is 0 Å². The summed E-state index contributed by atoms with van der Waals surface area (Å²) in [7, 11) is 0. The molecular formula is C20H11ClO. The molecule has 1 nitrogen and oxygen atoms in total. The molecule has 22 heavy (non-hydrogen) atoms. The van der Waals surface area contributed by atoms with Crippen molar-refractivity contribution in [2.24, 2.45) is 0 Å². The predicted molar refractivity (Wildman–Crippen MR) is 92.0 cm³/mol. The largest absolute Gasteiger partial charge is 0.455 e. The van der Waals surface area contributed by atoms with Crippen LogP contribution in [0.3, 0.4) is 0 Å². The lowest BCUT2D eigenvalue weighted by atomic mass is 9.92. The molecule has 5 rings (SSSR count). The van der Waals surface area contributed by atoms with Crippen LogP contribution in [0.15, 0.2) is 66.7 Å². The van der Waals surface area contributed by atoms with Gasteiger partial charge in [-0.2, -0.15) is 0 Å². The Morgan fingerprint density at radius 3 is 2.50 bits per heavy atom. The summed E-state index contributed by atoms with van der Waals surface area (Å²) in [5.74, 6) is 1.80. The van der Waals surface area contributed by atoms with E-state index in [2.05, 4.69) is 36.4 Å². The summed E-state index contributed by atoms with van der Waals surface area (Å²) >= 11 is 6.35. The fourth-order valence-electron chi connectivity index (χ4n) is 3.32. The molecule has 2 heteroatoms. The normalized spacial score (nSPS) is 12.2. The van der Waals surface area contributed by atoms with E-state index in [9.17, 15) is 0 Å². The van der Waals surface area contributed by atoms with Crippen LogP contribution >= 0.6 is 11.6 Å². The Kier molecular flexibility index (Phi) is 2.33. The minimum Gasteiger partial charge on any atom is -0.455 e. The molecule has 0 unspecified atom stereocenters. The van der Waals surface area contributed by atoms with Gasteiger partial charge in [-0.05, 0) is 29.1 Å². The van der Waals surface area contributed by atoms with Gasteiger partial charge < -0.3 is 4.74 Å². The molecule has 4 aromatic carbocycles. The second-order valence-corrected chi connectivity index (χ2v) is 5.95. The number of benzene rings is 4. The molecule has 0 radical (unpaired) electrons. The molecule has 1 aliphatic heterocycles. The quantitative estimate of drug-likeness (QED) is 0.321. The number of ether oxygens (including phenoxy) is 1. The molecule has 1 heterocycles. The number of rotatable bonds is 0. The maximum atomic E-state index is 6.35. The van der Waals surface area contributed by atoms with Crippen molar-refractivity contribution < 1.29 is 4.74 Å². The average Bonchev–Trinajstić information content (AvgIpc) is 2.58. The van der Waals surface area contributed by atoms with Crippen molar-refractivity contribution in [1.82, 2.24) is 0 Å². The van der Waals surface area contributed by atoms with E-state index in [1.165, 1.54) is 10.9 Å². The maximum absolute atomic E-state index is 6.35. The molecule has 0 amide bonds. The first-order valence-electron chi connectivity index (χ1n) is 7.24. The highest BCUT2D eigenvalue weighted by Crippen LogP contribution is 2.50. The first kappa shape index (κ1) is 12.1. The van der Waals surface area contributed by atoms with Crippen LogP contribution < -0.4 is 4.74 Å². The molecule has 0 atom stereocenters. The van der Waals surface area contributed by atoms with E-state index in [1.807, 2.05) is 30.3 Å². The zero-order chi connectivity index (χ0) is 14.7. The molecule has 0 spiro atoms. The maximum Gasteiger partial charge on any atom is 0.143 e. The van der Waals surface area contributed by atoms with Gasteiger partial charge in [-0.1, -0.05) is 60.1 Å². The Morgan fingerprint density at radius 2 is 1.55 bits per heavy atom. The van der Waals surface area contributed by atoms with Crippen LogP contribution in [0.5, 0.6) is 11.5 Å². The van der Waals surface area contributed by atoms with E-state index in [4.69, 9.17) is 16.3 Å². The van der Waals surface area contributed by atoms with Crippen LogP contribution in [0.2, 0.25) is 5.02 Å². The van der Waals surface area contributed by atoms with E-state index in [0.717, 1.165) is 38.2 Å². The van der Waals surface area contributed by atoms with Gasteiger partial charge in [-0.15, -0.1) is 0 Å². The van der Waals surface area contributed by atoms with Crippen LogP contribution in [0.25, 0.3) is 32.7 Å². The summed E-state index contributed by atoms with van der Waals surface area (Å²) in [6, 6.07) is 22.7. The van der Waals surface area contributed by atoms with Crippen molar-refractivity contribution >= 4 is 33.1 Å². The van der Waals surface area contributed by atoms with E-state index in [1.54, 1.807) is 0 Å². The first-order valence-corrected chi connectivity index (χ1v) is 7.62. The van der Waals surface area contributed by atoms with Crippen molar-refractivity contribution in [3.05, 3.63) is 71.8 Å². The monoisotopic (exact) mass is 302 g/mol. The molecule has 0 saturated carbocycles. The Morgan fingerprint density at radius 1 is 0.682 bits per heavy atom. The van der Waals surface area contributed by atoms with Crippen LogP contribution in [0, 0.1) is 0 Å². The summed E-state index contributed by atoms with van der Waals surface area (Å²) < 4.78 is 6.26. The highest BCUT2D eigenvalue weighted by molar-refractivity contribution is 6.36. The van der Waals surface area contributed by atoms with E-state index < -0.39 is 0 Å². The highest BCUT2D eigenvalue weighted by Gasteiger charge is 2.22. The second-order valence-electron chi connectivity index (χ2n) is 5.54. The molecule has 0 saturated heterocycles. The van der Waals surface area contributed by atoms with Gasteiger partial charge in [0.2, 0.25) is 0 Å². The Balaban J connectivity index is 1.97. The Hall–Kier alpha value is -2.51. The lowest BCUT2D eigenvalue weighted by molar-refractivity contribution is 0.493. The van der Waals surface area contributed by atoms with Gasteiger partial charge in [0.25, 0.3) is 0 Å². The highest BCUT2D eigenvalue weighted by atomic mass is 35.5. The number of halogens is 1. The summed E-state index contributed by atoms with van der Waals surface area (Å²) in [6.07, 6.45) is 0. The summed E-state index contributed by atoms with van der Waals surface area (Å²) in [5.41, 5.74) is 2.31. The third-order valence-corrected chi connectivity index (χ3v) is 4.66. The minimum atomic E-state index is 0.758. The van der Waals surface area contributed by atoms with Gasteiger partial charge in [0.15, 0.2) is 0 Å². The molecule has 0 fully saturated rings. The number of fused-ring (bicyclic) bond motifs is 4. The van der Waals surface area contributed by atoms with Crippen molar-refractivity contribution in [3.8, 4) is 22.6 Å². The summed E-state index contributed by atoms with van der Waals surface area (Å²) in [6.45, 7) is 0. The summed E-state index contributed by atoms with van der Waals surface area (Å²) in [4.78, 5) is 0. The molecular weight excluding hydrogens is 292 g/mol. The molecule has 0 N–H and O–H groups in total. The van der Waals surface area contributed by atoms with Gasteiger partial charge in [0, 0.05) is 26.7 Å². The van der Waals surface area contributed by atoms with Crippen LogP contribution in [0.1, 0.15) is 0 Å². The molecule has 0 aliphatic carbocycles. The average molecular weight is 303 g/mol. The molecule has 1 aliphatic rings. The van der Waals surface area contributed by atoms with Crippen molar-refractivity contribution in [3.63, 3.8) is 0 Å². The van der Waals surface area contributed by atoms with Crippen LogP contribution in [-0.4, -0.2) is 0 Å². The fraction of sp³-hybridized carbons (Fsp3) is 0. The van der Waals surface area contributed by atoms with Crippen LogP contribution in [-0.2, 0) is 0 Å². The lowest BCUT2D eigenvalue weighted by Gasteiger charge is -2.23. The summed E-state index contributed by atoms with van der Waals surface area (Å²) in [5, 5.41) is 5.21. The Bertz CT molecular complexity index is 1070. The number of hydrogen-bond donors (Lipinski definition) is 0. The smallest absolute Gasteiger partial charge is 0.143 e. The van der Waals surface area contributed by atoms with Gasteiger partial charge in [-0.25, -0.2) is 0 Å². The predicted octanol–water partition coefficient (Wildman–Crippen LogP) is 6.42.